The fraction of sp³-hybridized carbons (Fsp3) is 0.458. The average molecular weight is 556 g/mol. The van der Waals surface area contributed by atoms with Crippen LogP contribution in [-0.2, 0) is 17.8 Å². The zero-order chi connectivity index (χ0) is 22.1. The number of nitrogens with zero attached hydrogens (tertiary/aromatic N) is 2. The standard InChI is InChI=1S/C24H33FN4O2.HI/c1-18-4-7-20(23(14-18)31-22-10-13-30-17-22)15-28-24(26-2)27-11-12-29(3)16-19-5-8-21(25)9-6-19;/h4-9,14,22H,10-13,15-17H2,1-3H3,(H2,26,27,28);1H. The summed E-state index contributed by atoms with van der Waals surface area (Å²) in [6.07, 6.45) is 1.05. The van der Waals surface area contributed by atoms with Crippen LogP contribution < -0.4 is 15.4 Å². The monoisotopic (exact) mass is 556 g/mol. The number of ether oxygens (including phenoxy) is 2. The summed E-state index contributed by atoms with van der Waals surface area (Å²) in [6.45, 7) is 6.44. The van der Waals surface area contributed by atoms with Gasteiger partial charge in [-0.25, -0.2) is 4.39 Å². The summed E-state index contributed by atoms with van der Waals surface area (Å²) >= 11 is 0. The Morgan fingerprint density at radius 2 is 2.00 bits per heavy atom. The van der Waals surface area contributed by atoms with E-state index in [9.17, 15) is 4.39 Å². The molecule has 1 unspecified atom stereocenters. The summed E-state index contributed by atoms with van der Waals surface area (Å²) in [4.78, 5) is 6.50. The highest BCUT2D eigenvalue weighted by atomic mass is 127. The largest absolute Gasteiger partial charge is 0.488 e. The molecule has 0 radical (unpaired) electrons. The number of rotatable bonds is 9. The minimum atomic E-state index is -0.207. The Morgan fingerprint density at radius 3 is 2.69 bits per heavy atom. The smallest absolute Gasteiger partial charge is 0.191 e. The molecule has 0 aromatic heterocycles. The lowest BCUT2D eigenvalue weighted by Gasteiger charge is -2.19. The highest BCUT2D eigenvalue weighted by molar-refractivity contribution is 14.0. The Kier molecular flexibility index (Phi) is 11.2. The van der Waals surface area contributed by atoms with Crippen LogP contribution in [0.2, 0.25) is 0 Å². The van der Waals surface area contributed by atoms with E-state index in [0.29, 0.717) is 13.2 Å². The lowest BCUT2D eigenvalue weighted by Crippen LogP contribution is -2.40. The zero-order valence-electron chi connectivity index (χ0n) is 19.1. The van der Waals surface area contributed by atoms with E-state index in [4.69, 9.17) is 9.47 Å². The van der Waals surface area contributed by atoms with Gasteiger partial charge >= 0.3 is 0 Å². The van der Waals surface area contributed by atoms with Gasteiger partial charge < -0.3 is 25.0 Å². The second kappa shape index (κ2) is 13.6. The third-order valence-corrected chi connectivity index (χ3v) is 5.23. The molecule has 1 saturated heterocycles. The molecule has 2 N–H and O–H groups in total. The van der Waals surface area contributed by atoms with Gasteiger partial charge in [0.15, 0.2) is 5.96 Å². The minimum Gasteiger partial charge on any atom is -0.488 e. The molecule has 0 amide bonds. The second-order valence-electron chi connectivity index (χ2n) is 7.93. The summed E-state index contributed by atoms with van der Waals surface area (Å²) < 4.78 is 24.6. The summed E-state index contributed by atoms with van der Waals surface area (Å²) in [6, 6.07) is 12.9. The molecule has 1 atom stereocenters. The molecule has 1 fully saturated rings. The molecule has 0 spiro atoms. The van der Waals surface area contributed by atoms with Gasteiger partial charge in [0.1, 0.15) is 17.7 Å². The van der Waals surface area contributed by atoms with Gasteiger partial charge in [0.05, 0.1) is 13.2 Å². The molecule has 0 aliphatic carbocycles. The second-order valence-corrected chi connectivity index (χ2v) is 7.93. The first kappa shape index (κ1) is 26.3. The maximum absolute atomic E-state index is 13.0. The van der Waals surface area contributed by atoms with Crippen molar-refractivity contribution in [3.63, 3.8) is 0 Å². The predicted octanol–water partition coefficient (Wildman–Crippen LogP) is 3.72. The fourth-order valence-corrected chi connectivity index (χ4v) is 3.45. The van der Waals surface area contributed by atoms with E-state index in [1.54, 1.807) is 7.05 Å². The van der Waals surface area contributed by atoms with Gasteiger partial charge in [0, 0.05) is 45.2 Å². The summed E-state index contributed by atoms with van der Waals surface area (Å²) in [7, 11) is 3.81. The van der Waals surface area contributed by atoms with Crippen LogP contribution in [0.5, 0.6) is 5.75 Å². The van der Waals surface area contributed by atoms with Crippen LogP contribution in [0, 0.1) is 12.7 Å². The van der Waals surface area contributed by atoms with Crippen LogP contribution in [0.25, 0.3) is 0 Å². The summed E-state index contributed by atoms with van der Waals surface area (Å²) in [5.74, 6) is 1.44. The third kappa shape index (κ3) is 8.55. The van der Waals surface area contributed by atoms with Crippen molar-refractivity contribution in [2.24, 2.45) is 4.99 Å². The maximum atomic E-state index is 13.0. The highest BCUT2D eigenvalue weighted by Gasteiger charge is 2.18. The molecule has 1 heterocycles. The van der Waals surface area contributed by atoms with Gasteiger partial charge in [-0.2, -0.15) is 0 Å². The van der Waals surface area contributed by atoms with E-state index < -0.39 is 0 Å². The molecule has 8 heteroatoms. The number of aliphatic imine (C=N–C) groups is 1. The van der Waals surface area contributed by atoms with Crippen LogP contribution in [0.4, 0.5) is 4.39 Å². The van der Waals surface area contributed by atoms with Gasteiger partial charge in [-0.1, -0.05) is 24.3 Å². The maximum Gasteiger partial charge on any atom is 0.191 e. The molecule has 0 bridgehead atoms. The van der Waals surface area contributed by atoms with Crippen LogP contribution in [0.15, 0.2) is 47.5 Å². The number of hydrogen-bond acceptors (Lipinski definition) is 4. The van der Waals surface area contributed by atoms with Gasteiger partial charge in [-0.15, -0.1) is 24.0 Å². The quantitative estimate of drug-likeness (QED) is 0.280. The van der Waals surface area contributed by atoms with Crippen LogP contribution in [0.1, 0.15) is 23.1 Å². The Balaban J connectivity index is 0.00000363. The third-order valence-electron chi connectivity index (χ3n) is 5.23. The molecule has 1 aliphatic rings. The molecule has 2 aromatic rings. The molecule has 176 valence electrons. The first-order valence-electron chi connectivity index (χ1n) is 10.7. The average Bonchev–Trinajstić information content (AvgIpc) is 3.26. The Hall–Kier alpha value is -1.91. The van der Waals surface area contributed by atoms with E-state index in [-0.39, 0.29) is 35.9 Å². The van der Waals surface area contributed by atoms with Gasteiger partial charge in [-0.05, 0) is 43.3 Å². The van der Waals surface area contributed by atoms with Crippen molar-refractivity contribution >= 4 is 29.9 Å². The molecule has 6 nitrogen and oxygen atoms in total. The van der Waals surface area contributed by atoms with Crippen molar-refractivity contribution < 1.29 is 13.9 Å². The topological polar surface area (TPSA) is 58.1 Å². The molecule has 2 aromatic carbocycles. The van der Waals surface area contributed by atoms with E-state index in [1.165, 1.54) is 17.7 Å². The molecular weight excluding hydrogens is 522 g/mol. The van der Waals surface area contributed by atoms with Crippen molar-refractivity contribution in [1.29, 1.82) is 0 Å². The highest BCUT2D eigenvalue weighted by Crippen LogP contribution is 2.23. The SMILES string of the molecule is CN=C(NCCN(C)Cc1ccc(F)cc1)NCc1ccc(C)cc1OC1CCOC1.I. The molecule has 3 rings (SSSR count). The van der Waals surface area contributed by atoms with Crippen LogP contribution >= 0.6 is 24.0 Å². The van der Waals surface area contributed by atoms with Crippen LogP contribution in [-0.4, -0.2) is 57.4 Å². The van der Waals surface area contributed by atoms with Crippen molar-refractivity contribution in [2.45, 2.75) is 32.5 Å². The number of guanidine groups is 1. The predicted molar refractivity (Wildman–Crippen MR) is 137 cm³/mol. The van der Waals surface area contributed by atoms with Crippen molar-refractivity contribution in [3.05, 3.63) is 65.0 Å². The van der Waals surface area contributed by atoms with Crippen molar-refractivity contribution in [2.75, 3.05) is 40.4 Å². The van der Waals surface area contributed by atoms with Gasteiger partial charge in [-0.3, -0.25) is 4.99 Å². The Labute approximate surface area is 207 Å². The van der Waals surface area contributed by atoms with E-state index in [2.05, 4.69) is 45.6 Å². The summed E-state index contributed by atoms with van der Waals surface area (Å²) in [5.41, 5.74) is 3.35. The van der Waals surface area contributed by atoms with Crippen LogP contribution in [0.3, 0.4) is 0 Å². The van der Waals surface area contributed by atoms with Crippen molar-refractivity contribution in [3.8, 4) is 5.75 Å². The van der Waals surface area contributed by atoms with Crippen molar-refractivity contribution in [1.82, 2.24) is 15.5 Å². The Morgan fingerprint density at radius 1 is 1.22 bits per heavy atom. The Bertz CT molecular complexity index is 858. The molecule has 0 saturated carbocycles. The molecule has 1 aliphatic heterocycles. The molecule has 32 heavy (non-hydrogen) atoms. The summed E-state index contributed by atoms with van der Waals surface area (Å²) in [5, 5.41) is 6.71. The molecular formula is C24H34FIN4O2. The first-order valence-corrected chi connectivity index (χ1v) is 10.7. The van der Waals surface area contributed by atoms with Gasteiger partial charge in [0.25, 0.3) is 0 Å². The minimum absolute atomic E-state index is 0. The van der Waals surface area contributed by atoms with Gasteiger partial charge in [0.2, 0.25) is 0 Å². The number of halogens is 2. The van der Waals surface area contributed by atoms with E-state index >= 15 is 0 Å². The number of hydrogen-bond donors (Lipinski definition) is 2. The zero-order valence-corrected chi connectivity index (χ0v) is 21.4. The van der Waals surface area contributed by atoms with E-state index in [0.717, 1.165) is 55.5 Å². The number of aryl methyl sites for hydroxylation is 1. The normalized spacial score (nSPS) is 16.0. The number of likely N-dealkylation sites (N-methyl/N-ethyl adjacent to an activating group) is 1. The lowest BCUT2D eigenvalue weighted by atomic mass is 10.1. The van der Waals surface area contributed by atoms with E-state index in [1.807, 2.05) is 19.2 Å². The number of benzene rings is 2. The number of nitrogens with one attached hydrogen (secondary N) is 2. The lowest BCUT2D eigenvalue weighted by molar-refractivity contribution is 0.140. The fourth-order valence-electron chi connectivity index (χ4n) is 3.45. The first-order chi connectivity index (χ1) is 15.0.